The molecule has 2 aliphatic rings. The van der Waals surface area contributed by atoms with E-state index in [-0.39, 0.29) is 11.5 Å². The lowest BCUT2D eigenvalue weighted by Gasteiger charge is -2.35. The first-order valence-corrected chi connectivity index (χ1v) is 7.96. The summed E-state index contributed by atoms with van der Waals surface area (Å²) in [5.74, 6) is 2.86. The van der Waals surface area contributed by atoms with E-state index in [0.29, 0.717) is 5.25 Å². The highest BCUT2D eigenvalue weighted by Crippen LogP contribution is 2.41. The Labute approximate surface area is 112 Å². The van der Waals surface area contributed by atoms with Gasteiger partial charge in [-0.3, -0.25) is 0 Å². The summed E-state index contributed by atoms with van der Waals surface area (Å²) in [6.45, 7) is 2.18. The second kappa shape index (κ2) is 4.85. The van der Waals surface area contributed by atoms with E-state index in [0.717, 1.165) is 24.6 Å². The predicted molar refractivity (Wildman–Crippen MR) is 72.5 cm³/mol. The zero-order valence-corrected chi connectivity index (χ0v) is 11.7. The van der Waals surface area contributed by atoms with Crippen LogP contribution in [0.4, 0.5) is 0 Å². The topological polar surface area (TPSA) is 64.9 Å². The van der Waals surface area contributed by atoms with E-state index in [4.69, 9.17) is 10.3 Å². The van der Waals surface area contributed by atoms with Crippen molar-refractivity contribution in [1.29, 1.82) is 0 Å². The van der Waals surface area contributed by atoms with Crippen molar-refractivity contribution in [3.05, 3.63) is 11.7 Å². The minimum Gasteiger partial charge on any atom is -0.339 e. The van der Waals surface area contributed by atoms with Crippen molar-refractivity contribution in [3.8, 4) is 0 Å². The smallest absolute Gasteiger partial charge is 0.234 e. The summed E-state index contributed by atoms with van der Waals surface area (Å²) in [6, 6.07) is 0.149. The van der Waals surface area contributed by atoms with Gasteiger partial charge in [-0.1, -0.05) is 18.0 Å². The third-order valence-corrected chi connectivity index (χ3v) is 5.80. The molecule has 4 nitrogen and oxygen atoms in total. The van der Waals surface area contributed by atoms with Crippen LogP contribution in [0.1, 0.15) is 62.4 Å². The molecule has 2 heterocycles. The fourth-order valence-corrected chi connectivity index (χ4v) is 4.20. The molecule has 1 aliphatic heterocycles. The molecule has 1 saturated heterocycles. The van der Waals surface area contributed by atoms with Crippen LogP contribution in [0, 0.1) is 0 Å². The summed E-state index contributed by atoms with van der Waals surface area (Å²) < 4.78 is 5.54. The van der Waals surface area contributed by atoms with Crippen LogP contribution < -0.4 is 5.73 Å². The first kappa shape index (κ1) is 12.5. The van der Waals surface area contributed by atoms with Crippen molar-refractivity contribution in [3.63, 3.8) is 0 Å². The van der Waals surface area contributed by atoms with E-state index < -0.39 is 0 Å². The summed E-state index contributed by atoms with van der Waals surface area (Å²) in [7, 11) is 0. The molecule has 2 N–H and O–H groups in total. The van der Waals surface area contributed by atoms with Crippen LogP contribution >= 0.6 is 11.8 Å². The van der Waals surface area contributed by atoms with Crippen molar-refractivity contribution < 1.29 is 4.52 Å². The number of hydrogen-bond acceptors (Lipinski definition) is 5. The second-order valence-corrected chi connectivity index (χ2v) is 7.04. The molecule has 3 rings (SSSR count). The highest BCUT2D eigenvalue weighted by Gasteiger charge is 2.41. The molecule has 2 fully saturated rings. The summed E-state index contributed by atoms with van der Waals surface area (Å²) >= 11 is 1.94. The minimum absolute atomic E-state index is 0.118. The summed E-state index contributed by atoms with van der Waals surface area (Å²) in [6.07, 6.45) is 6.98. The number of rotatable bonds is 2. The monoisotopic (exact) mass is 267 g/mol. The van der Waals surface area contributed by atoms with Crippen molar-refractivity contribution >= 4 is 11.8 Å². The lowest BCUT2D eigenvalue weighted by Crippen LogP contribution is -2.45. The van der Waals surface area contributed by atoms with Gasteiger partial charge < -0.3 is 10.3 Å². The van der Waals surface area contributed by atoms with Crippen LogP contribution in [0.5, 0.6) is 0 Å². The second-order valence-electron chi connectivity index (χ2n) is 5.73. The molecular weight excluding hydrogens is 246 g/mol. The standard InChI is InChI=1S/C13H21N3OS/c1-13(7-3-2-6-10(13)14)12-15-11(16-17-12)9-5-4-8-18-9/h9-10H,2-8,14H2,1H3. The Morgan fingerprint density at radius 2 is 2.22 bits per heavy atom. The molecule has 3 atom stereocenters. The van der Waals surface area contributed by atoms with Gasteiger partial charge in [0.15, 0.2) is 5.82 Å². The minimum atomic E-state index is -0.118. The SMILES string of the molecule is CC1(c2nc(C3CCCS3)no2)CCCCC1N. The van der Waals surface area contributed by atoms with E-state index in [1.165, 1.54) is 31.4 Å². The first-order valence-electron chi connectivity index (χ1n) is 6.91. The van der Waals surface area contributed by atoms with Gasteiger partial charge in [0.1, 0.15) is 0 Å². The van der Waals surface area contributed by atoms with E-state index in [9.17, 15) is 0 Å². The van der Waals surface area contributed by atoms with Crippen molar-refractivity contribution in [1.82, 2.24) is 10.1 Å². The van der Waals surface area contributed by atoms with Gasteiger partial charge >= 0.3 is 0 Å². The quantitative estimate of drug-likeness (QED) is 0.892. The lowest BCUT2D eigenvalue weighted by molar-refractivity contribution is 0.203. The predicted octanol–water partition coefficient (Wildman–Crippen LogP) is 2.80. The molecule has 18 heavy (non-hydrogen) atoms. The van der Waals surface area contributed by atoms with Crippen LogP contribution in [0.15, 0.2) is 4.52 Å². The number of aromatic nitrogens is 2. The van der Waals surface area contributed by atoms with Crippen LogP contribution in [0.25, 0.3) is 0 Å². The average Bonchev–Trinajstić information content (AvgIpc) is 3.01. The molecule has 0 bridgehead atoms. The maximum absolute atomic E-state index is 6.27. The Morgan fingerprint density at radius 1 is 1.33 bits per heavy atom. The fourth-order valence-electron chi connectivity index (χ4n) is 3.00. The fraction of sp³-hybridized carbons (Fsp3) is 0.846. The average molecular weight is 267 g/mol. The molecule has 1 aromatic heterocycles. The maximum Gasteiger partial charge on any atom is 0.234 e. The Balaban J connectivity index is 1.83. The highest BCUT2D eigenvalue weighted by atomic mass is 32.2. The maximum atomic E-state index is 6.27. The molecule has 0 radical (unpaired) electrons. The number of nitrogens with zero attached hydrogens (tertiary/aromatic N) is 2. The molecule has 1 saturated carbocycles. The Hall–Kier alpha value is -0.550. The zero-order valence-electron chi connectivity index (χ0n) is 10.9. The molecule has 0 aromatic carbocycles. The summed E-state index contributed by atoms with van der Waals surface area (Å²) in [4.78, 5) is 4.66. The lowest BCUT2D eigenvalue weighted by atomic mass is 9.72. The molecule has 100 valence electrons. The van der Waals surface area contributed by atoms with Gasteiger partial charge in [0.05, 0.1) is 10.7 Å². The van der Waals surface area contributed by atoms with Crippen molar-refractivity contribution in [2.24, 2.45) is 5.73 Å². The zero-order chi connectivity index (χ0) is 12.6. The van der Waals surface area contributed by atoms with Crippen LogP contribution in [0.3, 0.4) is 0 Å². The largest absolute Gasteiger partial charge is 0.339 e. The summed E-state index contributed by atoms with van der Waals surface area (Å²) in [5, 5.41) is 4.63. The van der Waals surface area contributed by atoms with Crippen LogP contribution in [-0.2, 0) is 5.41 Å². The van der Waals surface area contributed by atoms with E-state index in [1.54, 1.807) is 0 Å². The third-order valence-electron chi connectivity index (χ3n) is 4.43. The molecular formula is C13H21N3OS. The highest BCUT2D eigenvalue weighted by molar-refractivity contribution is 7.99. The molecule has 1 aliphatic carbocycles. The number of hydrogen-bond donors (Lipinski definition) is 1. The first-order chi connectivity index (χ1) is 8.70. The summed E-state index contributed by atoms with van der Waals surface area (Å²) in [5.41, 5.74) is 6.16. The van der Waals surface area contributed by atoms with Crippen molar-refractivity contribution in [2.45, 2.75) is 62.2 Å². The van der Waals surface area contributed by atoms with Crippen LogP contribution in [0.2, 0.25) is 0 Å². The van der Waals surface area contributed by atoms with Crippen LogP contribution in [-0.4, -0.2) is 21.9 Å². The van der Waals surface area contributed by atoms with Gasteiger partial charge in [-0.25, -0.2) is 0 Å². The molecule has 0 amide bonds. The molecule has 0 spiro atoms. The van der Waals surface area contributed by atoms with Gasteiger partial charge in [0.25, 0.3) is 0 Å². The van der Waals surface area contributed by atoms with E-state index in [2.05, 4.69) is 17.1 Å². The van der Waals surface area contributed by atoms with Gasteiger partial charge in [-0.05, 0) is 38.4 Å². The third kappa shape index (κ3) is 2.07. The molecule has 5 heteroatoms. The van der Waals surface area contributed by atoms with Gasteiger partial charge in [-0.2, -0.15) is 16.7 Å². The van der Waals surface area contributed by atoms with Gasteiger partial charge in [0.2, 0.25) is 5.89 Å². The Morgan fingerprint density at radius 3 is 2.94 bits per heavy atom. The van der Waals surface area contributed by atoms with E-state index >= 15 is 0 Å². The number of nitrogens with two attached hydrogens (primary N) is 1. The normalized spacial score (nSPS) is 37.0. The molecule has 3 unspecified atom stereocenters. The van der Waals surface area contributed by atoms with Gasteiger partial charge in [0, 0.05) is 6.04 Å². The van der Waals surface area contributed by atoms with E-state index in [1.807, 2.05) is 11.8 Å². The number of thioether (sulfide) groups is 1. The van der Waals surface area contributed by atoms with Crippen molar-refractivity contribution in [2.75, 3.05) is 5.75 Å². The molecule has 1 aromatic rings. The Bertz CT molecular complexity index is 416. The van der Waals surface area contributed by atoms with Gasteiger partial charge in [-0.15, -0.1) is 0 Å². The Kier molecular flexibility index (Phi) is 3.36.